The van der Waals surface area contributed by atoms with Crippen molar-refractivity contribution in [1.82, 2.24) is 10.2 Å². The summed E-state index contributed by atoms with van der Waals surface area (Å²) in [6.45, 7) is 0. The third kappa shape index (κ3) is 2.91. The molecule has 0 spiro atoms. The van der Waals surface area contributed by atoms with Gasteiger partial charge in [0.05, 0.1) is 25.4 Å². The van der Waals surface area contributed by atoms with Crippen LogP contribution in [0.2, 0.25) is 0 Å². The monoisotopic (exact) mass is 242 g/mol. The highest BCUT2D eigenvalue weighted by molar-refractivity contribution is 5.71. The zero-order valence-corrected chi connectivity index (χ0v) is 10.2. The minimum absolute atomic E-state index is 0.236. The predicted molar refractivity (Wildman–Crippen MR) is 67.8 cm³/mol. The molecule has 2 aromatic rings. The third-order valence-corrected chi connectivity index (χ3v) is 2.68. The molecule has 0 radical (unpaired) electrons. The van der Waals surface area contributed by atoms with Crippen LogP contribution in [0.4, 0.5) is 0 Å². The number of ether oxygens (including phenoxy) is 1. The average Bonchev–Trinajstić information content (AvgIpc) is 2.46. The molecule has 0 amide bonds. The minimum atomic E-state index is -0.236. The second-order valence-corrected chi connectivity index (χ2v) is 3.83. The highest BCUT2D eigenvalue weighted by Crippen LogP contribution is 2.22. The van der Waals surface area contributed by atoms with Crippen LogP contribution in [0.25, 0.3) is 11.1 Å². The Bertz CT molecular complexity index is 526. The summed E-state index contributed by atoms with van der Waals surface area (Å²) < 4.78 is 4.63. The fourth-order valence-corrected chi connectivity index (χ4v) is 1.75. The van der Waals surface area contributed by atoms with Crippen LogP contribution >= 0.6 is 0 Å². The van der Waals surface area contributed by atoms with E-state index in [-0.39, 0.29) is 5.97 Å². The lowest BCUT2D eigenvalue weighted by molar-refractivity contribution is -0.140. The number of carbonyl (C=O) groups excluding carboxylic acids is 1. The molecule has 0 aliphatic heterocycles. The first-order valence-corrected chi connectivity index (χ1v) is 5.74. The number of benzene rings is 1. The first kappa shape index (κ1) is 12.2. The number of rotatable bonds is 4. The van der Waals surface area contributed by atoms with Gasteiger partial charge in [0.1, 0.15) is 0 Å². The second kappa shape index (κ2) is 5.91. The van der Waals surface area contributed by atoms with Gasteiger partial charge in [-0.3, -0.25) is 4.79 Å². The van der Waals surface area contributed by atoms with Crippen molar-refractivity contribution in [3.8, 4) is 11.1 Å². The van der Waals surface area contributed by atoms with Crippen LogP contribution in [-0.2, 0) is 16.0 Å². The zero-order valence-electron chi connectivity index (χ0n) is 10.2. The molecule has 0 bridgehead atoms. The first-order valence-electron chi connectivity index (χ1n) is 5.74. The predicted octanol–water partition coefficient (Wildman–Crippen LogP) is 2.25. The lowest BCUT2D eigenvalue weighted by Crippen LogP contribution is -2.04. The van der Waals surface area contributed by atoms with Gasteiger partial charge in [0.2, 0.25) is 0 Å². The highest BCUT2D eigenvalue weighted by atomic mass is 16.5. The number of aromatic nitrogens is 2. The Kier molecular flexibility index (Phi) is 4.02. The molecule has 92 valence electrons. The van der Waals surface area contributed by atoms with E-state index in [9.17, 15) is 4.79 Å². The Labute approximate surface area is 106 Å². The van der Waals surface area contributed by atoms with Crippen LogP contribution in [0.1, 0.15) is 12.1 Å². The molecule has 0 aliphatic carbocycles. The van der Waals surface area contributed by atoms with E-state index in [1.54, 1.807) is 6.20 Å². The third-order valence-electron chi connectivity index (χ3n) is 2.68. The van der Waals surface area contributed by atoms with Gasteiger partial charge >= 0.3 is 5.97 Å². The van der Waals surface area contributed by atoms with Gasteiger partial charge in [-0.15, -0.1) is 0 Å². The molecule has 1 aromatic carbocycles. The summed E-state index contributed by atoms with van der Waals surface area (Å²) in [5, 5.41) is 7.98. The summed E-state index contributed by atoms with van der Waals surface area (Å²) in [4.78, 5) is 11.2. The number of esters is 1. The van der Waals surface area contributed by atoms with Gasteiger partial charge in [-0.1, -0.05) is 30.3 Å². The molecule has 0 N–H and O–H groups in total. The maximum atomic E-state index is 11.2. The van der Waals surface area contributed by atoms with Crippen LogP contribution in [0.5, 0.6) is 0 Å². The smallest absolute Gasteiger partial charge is 0.305 e. The zero-order chi connectivity index (χ0) is 12.8. The van der Waals surface area contributed by atoms with Crippen molar-refractivity contribution in [2.24, 2.45) is 0 Å². The van der Waals surface area contributed by atoms with E-state index in [2.05, 4.69) is 14.9 Å². The maximum absolute atomic E-state index is 11.2. The fraction of sp³-hybridized carbons (Fsp3) is 0.214. The standard InChI is InChI=1S/C14H14N2O2/c1-18-14(17)8-7-13-12(9-10-15-16-13)11-5-3-2-4-6-11/h2-6,9-10H,7-8H2,1H3. The van der Waals surface area contributed by atoms with E-state index in [1.165, 1.54) is 7.11 Å². The van der Waals surface area contributed by atoms with Crippen LogP contribution in [0, 0.1) is 0 Å². The average molecular weight is 242 g/mol. The number of methoxy groups -OCH3 is 1. The molecule has 0 saturated heterocycles. The quantitative estimate of drug-likeness (QED) is 0.772. The van der Waals surface area contributed by atoms with E-state index < -0.39 is 0 Å². The van der Waals surface area contributed by atoms with Gasteiger partial charge in [-0.2, -0.15) is 10.2 Å². The maximum Gasteiger partial charge on any atom is 0.305 e. The topological polar surface area (TPSA) is 52.1 Å². The van der Waals surface area contributed by atoms with E-state index in [0.29, 0.717) is 12.8 Å². The molecule has 0 fully saturated rings. The molecule has 1 aromatic heterocycles. The lowest BCUT2D eigenvalue weighted by atomic mass is 10.0. The molecule has 1 heterocycles. The van der Waals surface area contributed by atoms with Crippen molar-refractivity contribution in [3.63, 3.8) is 0 Å². The van der Waals surface area contributed by atoms with Gasteiger partial charge in [-0.25, -0.2) is 0 Å². The Morgan fingerprint density at radius 2 is 2.00 bits per heavy atom. The van der Waals surface area contributed by atoms with Crippen LogP contribution in [0.3, 0.4) is 0 Å². The van der Waals surface area contributed by atoms with Crippen molar-refractivity contribution < 1.29 is 9.53 Å². The fourth-order valence-electron chi connectivity index (χ4n) is 1.75. The largest absolute Gasteiger partial charge is 0.469 e. The van der Waals surface area contributed by atoms with E-state index in [0.717, 1.165) is 16.8 Å². The summed E-state index contributed by atoms with van der Waals surface area (Å²) in [6.07, 6.45) is 2.50. The number of hydrogen-bond acceptors (Lipinski definition) is 4. The summed E-state index contributed by atoms with van der Waals surface area (Å²) in [5.74, 6) is -0.236. The molecule has 0 saturated carbocycles. The Morgan fingerprint density at radius 3 is 2.72 bits per heavy atom. The number of nitrogens with zero attached hydrogens (tertiary/aromatic N) is 2. The molecule has 0 atom stereocenters. The molecule has 4 heteroatoms. The van der Waals surface area contributed by atoms with E-state index in [4.69, 9.17) is 0 Å². The Hall–Kier alpha value is -2.23. The SMILES string of the molecule is COC(=O)CCc1nnccc1-c1ccccc1. The summed E-state index contributed by atoms with van der Waals surface area (Å²) in [5.41, 5.74) is 2.90. The molecule has 0 unspecified atom stereocenters. The van der Waals surface area contributed by atoms with Gasteiger partial charge in [0.15, 0.2) is 0 Å². The minimum Gasteiger partial charge on any atom is -0.469 e. The van der Waals surface area contributed by atoms with Gasteiger partial charge in [-0.05, 0) is 11.6 Å². The second-order valence-electron chi connectivity index (χ2n) is 3.83. The summed E-state index contributed by atoms with van der Waals surface area (Å²) in [7, 11) is 1.39. The van der Waals surface area contributed by atoms with Gasteiger partial charge in [0.25, 0.3) is 0 Å². The number of hydrogen-bond donors (Lipinski definition) is 0. The summed E-state index contributed by atoms with van der Waals surface area (Å²) in [6, 6.07) is 11.8. The van der Waals surface area contributed by atoms with Crippen LogP contribution in [0.15, 0.2) is 42.6 Å². The molecule has 2 rings (SSSR count). The number of aryl methyl sites for hydroxylation is 1. The summed E-state index contributed by atoms with van der Waals surface area (Å²) >= 11 is 0. The Morgan fingerprint density at radius 1 is 1.22 bits per heavy atom. The Balaban J connectivity index is 2.24. The lowest BCUT2D eigenvalue weighted by Gasteiger charge is -2.06. The van der Waals surface area contributed by atoms with Crippen molar-refractivity contribution in [2.75, 3.05) is 7.11 Å². The normalized spacial score (nSPS) is 10.1. The molecule has 0 aliphatic rings. The van der Waals surface area contributed by atoms with E-state index >= 15 is 0 Å². The van der Waals surface area contributed by atoms with Crippen molar-refractivity contribution in [2.45, 2.75) is 12.8 Å². The highest BCUT2D eigenvalue weighted by Gasteiger charge is 2.09. The van der Waals surface area contributed by atoms with Crippen molar-refractivity contribution in [1.29, 1.82) is 0 Å². The first-order chi connectivity index (χ1) is 8.81. The van der Waals surface area contributed by atoms with Crippen LogP contribution in [-0.4, -0.2) is 23.3 Å². The van der Waals surface area contributed by atoms with Crippen molar-refractivity contribution in [3.05, 3.63) is 48.3 Å². The van der Waals surface area contributed by atoms with Crippen molar-refractivity contribution >= 4 is 5.97 Å². The van der Waals surface area contributed by atoms with Gasteiger partial charge < -0.3 is 4.74 Å². The number of carbonyl (C=O) groups is 1. The van der Waals surface area contributed by atoms with Crippen LogP contribution < -0.4 is 0 Å². The molecule has 18 heavy (non-hydrogen) atoms. The molecule has 4 nitrogen and oxygen atoms in total. The van der Waals surface area contributed by atoms with E-state index in [1.807, 2.05) is 36.4 Å². The molecular weight excluding hydrogens is 228 g/mol. The van der Waals surface area contributed by atoms with Gasteiger partial charge in [0, 0.05) is 12.0 Å². The molecular formula is C14H14N2O2.